The molecule has 0 aromatic heterocycles. The van der Waals surface area contributed by atoms with Crippen LogP contribution >= 0.6 is 0 Å². The second-order valence-corrected chi connectivity index (χ2v) is 2.31. The molecule has 0 heterocycles. The quantitative estimate of drug-likeness (QED) is 0.702. The maximum atomic E-state index is 7.00. The van der Waals surface area contributed by atoms with Crippen LogP contribution in [0.15, 0.2) is 18.2 Å². The molecular formula is C9H14BO5. The minimum absolute atomic E-state index is 0. The van der Waals surface area contributed by atoms with Gasteiger partial charge in [-0.25, -0.2) is 0 Å². The lowest BCUT2D eigenvalue weighted by molar-refractivity contribution is 0.324. The normalized spacial score (nSPS) is 8.33. The Kier molecular flexibility index (Phi) is 7.22. The number of para-hydroxylation sites is 1. The van der Waals surface area contributed by atoms with E-state index in [1.807, 2.05) is 18.2 Å². The molecule has 15 heavy (non-hydrogen) atoms. The summed E-state index contributed by atoms with van der Waals surface area (Å²) in [7, 11) is 4.77. The van der Waals surface area contributed by atoms with E-state index in [2.05, 4.69) is 0 Å². The maximum Gasteiger partial charge on any atom is 0.482 e. The fourth-order valence-electron chi connectivity index (χ4n) is 1.02. The van der Waals surface area contributed by atoms with E-state index in [0.717, 1.165) is 0 Å². The summed E-state index contributed by atoms with van der Waals surface area (Å²) in [5.41, 5.74) is 0. The number of benzene rings is 1. The third-order valence-corrected chi connectivity index (χ3v) is 1.59. The van der Waals surface area contributed by atoms with Crippen molar-refractivity contribution < 1.29 is 24.3 Å². The number of rotatable bonds is 3. The Balaban J connectivity index is 0.000000583. The lowest BCUT2D eigenvalue weighted by Crippen LogP contribution is -1.93. The molecule has 5 nitrogen and oxygen atoms in total. The van der Waals surface area contributed by atoms with Crippen LogP contribution in [0.1, 0.15) is 0 Å². The molecule has 2 N–H and O–H groups in total. The minimum atomic E-state index is 0. The molecule has 83 valence electrons. The molecular weight excluding hydrogens is 199 g/mol. The molecule has 1 aromatic rings. The van der Waals surface area contributed by atoms with Crippen molar-refractivity contribution >= 4 is 7.69 Å². The summed E-state index contributed by atoms with van der Waals surface area (Å²) in [5.74, 6) is 1.98. The summed E-state index contributed by atoms with van der Waals surface area (Å²) in [5, 5.41) is 14.0. The lowest BCUT2D eigenvalue weighted by atomic mass is 10.3. The van der Waals surface area contributed by atoms with Crippen molar-refractivity contribution in [2.24, 2.45) is 0 Å². The number of hydrogen-bond donors (Lipinski definition) is 2. The van der Waals surface area contributed by atoms with Crippen LogP contribution < -0.4 is 14.2 Å². The van der Waals surface area contributed by atoms with Gasteiger partial charge < -0.3 is 24.3 Å². The largest absolute Gasteiger partial charge is 0.493 e. The topological polar surface area (TPSA) is 68.2 Å². The summed E-state index contributed by atoms with van der Waals surface area (Å²) in [6.45, 7) is 0. The monoisotopic (exact) mass is 213 g/mol. The van der Waals surface area contributed by atoms with E-state index in [9.17, 15) is 0 Å². The predicted molar refractivity (Wildman–Crippen MR) is 56.3 cm³/mol. The molecule has 0 saturated heterocycles. The average molecular weight is 213 g/mol. The van der Waals surface area contributed by atoms with Crippen molar-refractivity contribution in [2.45, 2.75) is 0 Å². The Bertz CT molecular complexity index is 257. The zero-order valence-corrected chi connectivity index (χ0v) is 8.93. The van der Waals surface area contributed by atoms with E-state index >= 15 is 0 Å². The highest BCUT2D eigenvalue weighted by Gasteiger charge is 2.08. The Morgan fingerprint density at radius 2 is 1.33 bits per heavy atom. The smallest absolute Gasteiger partial charge is 0.482 e. The highest BCUT2D eigenvalue weighted by atomic mass is 16.5. The van der Waals surface area contributed by atoms with E-state index in [4.69, 9.17) is 24.3 Å². The van der Waals surface area contributed by atoms with Crippen LogP contribution in [-0.2, 0) is 0 Å². The van der Waals surface area contributed by atoms with Crippen molar-refractivity contribution in [3.8, 4) is 17.2 Å². The summed E-state index contributed by atoms with van der Waals surface area (Å²) in [6.07, 6.45) is 0. The Hall–Kier alpha value is -1.40. The molecule has 0 aliphatic carbocycles. The molecule has 1 rings (SSSR count). The molecule has 0 aliphatic heterocycles. The molecule has 0 saturated carbocycles. The summed E-state index contributed by atoms with van der Waals surface area (Å²) in [4.78, 5) is 0. The number of hydrogen-bond acceptors (Lipinski definition) is 5. The molecule has 1 aromatic carbocycles. The SMILES string of the molecule is COc1cccc(OC)c1OC.O[B]O. The molecule has 0 fully saturated rings. The molecule has 0 unspecified atom stereocenters. The Morgan fingerprint density at radius 1 is 0.933 bits per heavy atom. The van der Waals surface area contributed by atoms with Crippen LogP contribution in [-0.4, -0.2) is 39.1 Å². The van der Waals surface area contributed by atoms with Gasteiger partial charge >= 0.3 is 7.69 Å². The van der Waals surface area contributed by atoms with Gasteiger partial charge in [-0.15, -0.1) is 0 Å². The first-order valence-electron chi connectivity index (χ1n) is 4.10. The van der Waals surface area contributed by atoms with Gasteiger partial charge in [0, 0.05) is 0 Å². The molecule has 0 spiro atoms. The Labute approximate surface area is 89.5 Å². The first kappa shape index (κ1) is 13.6. The second kappa shape index (κ2) is 7.96. The van der Waals surface area contributed by atoms with Crippen LogP contribution in [0.2, 0.25) is 0 Å². The zero-order valence-electron chi connectivity index (χ0n) is 8.93. The minimum Gasteiger partial charge on any atom is -0.493 e. The van der Waals surface area contributed by atoms with Gasteiger partial charge in [0.1, 0.15) is 0 Å². The van der Waals surface area contributed by atoms with Gasteiger partial charge in [0.15, 0.2) is 11.5 Å². The summed E-state index contributed by atoms with van der Waals surface area (Å²) >= 11 is 0. The zero-order chi connectivity index (χ0) is 11.7. The highest BCUT2D eigenvalue weighted by molar-refractivity contribution is 6.13. The first-order valence-corrected chi connectivity index (χ1v) is 4.10. The maximum absolute atomic E-state index is 7.00. The number of ether oxygens (including phenoxy) is 3. The Morgan fingerprint density at radius 3 is 1.60 bits per heavy atom. The van der Waals surface area contributed by atoms with Gasteiger partial charge in [0.2, 0.25) is 5.75 Å². The van der Waals surface area contributed by atoms with Crippen molar-refractivity contribution in [2.75, 3.05) is 21.3 Å². The van der Waals surface area contributed by atoms with E-state index in [1.54, 1.807) is 21.3 Å². The van der Waals surface area contributed by atoms with E-state index in [-0.39, 0.29) is 7.69 Å². The van der Waals surface area contributed by atoms with Gasteiger partial charge in [-0.2, -0.15) is 0 Å². The molecule has 0 bridgehead atoms. The van der Waals surface area contributed by atoms with Crippen LogP contribution in [0.4, 0.5) is 0 Å². The average Bonchev–Trinajstić information content (AvgIpc) is 2.28. The van der Waals surface area contributed by atoms with E-state index < -0.39 is 0 Å². The van der Waals surface area contributed by atoms with Crippen LogP contribution in [0.3, 0.4) is 0 Å². The third kappa shape index (κ3) is 4.10. The highest BCUT2D eigenvalue weighted by Crippen LogP contribution is 2.35. The lowest BCUT2D eigenvalue weighted by Gasteiger charge is -2.10. The van der Waals surface area contributed by atoms with Crippen molar-refractivity contribution in [3.63, 3.8) is 0 Å². The third-order valence-electron chi connectivity index (χ3n) is 1.59. The van der Waals surface area contributed by atoms with Crippen LogP contribution in [0, 0.1) is 0 Å². The van der Waals surface area contributed by atoms with Crippen molar-refractivity contribution in [1.29, 1.82) is 0 Å². The van der Waals surface area contributed by atoms with Gasteiger partial charge in [-0.1, -0.05) is 6.07 Å². The summed E-state index contributed by atoms with van der Waals surface area (Å²) < 4.78 is 15.3. The second-order valence-electron chi connectivity index (χ2n) is 2.31. The summed E-state index contributed by atoms with van der Waals surface area (Å²) in [6, 6.07) is 5.49. The van der Waals surface area contributed by atoms with E-state index in [1.165, 1.54) is 0 Å². The molecule has 0 aliphatic rings. The van der Waals surface area contributed by atoms with Crippen LogP contribution in [0.25, 0.3) is 0 Å². The van der Waals surface area contributed by atoms with Crippen LogP contribution in [0.5, 0.6) is 17.2 Å². The predicted octanol–water partition coefficient (Wildman–Crippen LogP) is 0.218. The molecule has 0 atom stereocenters. The standard InChI is InChI=1S/C9H12O3.BH2O2/c1-10-7-5-4-6-8(11-2)9(7)12-3;2-1-3/h4-6H,1-3H3;2-3H. The fraction of sp³-hybridized carbons (Fsp3) is 0.333. The fourth-order valence-corrected chi connectivity index (χ4v) is 1.02. The van der Waals surface area contributed by atoms with Crippen molar-refractivity contribution in [1.82, 2.24) is 0 Å². The van der Waals surface area contributed by atoms with Gasteiger partial charge in [-0.05, 0) is 12.1 Å². The van der Waals surface area contributed by atoms with Gasteiger partial charge in [0.25, 0.3) is 0 Å². The molecule has 1 radical (unpaired) electrons. The first-order chi connectivity index (χ1) is 7.24. The van der Waals surface area contributed by atoms with Gasteiger partial charge in [0.05, 0.1) is 21.3 Å². The molecule has 0 amide bonds. The van der Waals surface area contributed by atoms with Gasteiger partial charge in [-0.3, -0.25) is 0 Å². The van der Waals surface area contributed by atoms with E-state index in [0.29, 0.717) is 17.2 Å². The number of methoxy groups -OCH3 is 3. The molecule has 6 heteroatoms. The van der Waals surface area contributed by atoms with Crippen molar-refractivity contribution in [3.05, 3.63) is 18.2 Å².